The molecule has 2 amide bonds. The fourth-order valence-corrected chi connectivity index (χ4v) is 2.95. The van der Waals surface area contributed by atoms with Crippen LogP contribution in [0.1, 0.15) is 47.8 Å². The number of hydrogen-bond acceptors (Lipinski definition) is 5. The molecule has 0 saturated heterocycles. The number of hydrogen-bond donors (Lipinski definition) is 2. The quantitative estimate of drug-likeness (QED) is 0.532. The fourth-order valence-electron chi connectivity index (χ4n) is 2.27. The molecule has 25 heavy (non-hydrogen) atoms. The summed E-state index contributed by atoms with van der Waals surface area (Å²) < 4.78 is 0. The van der Waals surface area contributed by atoms with E-state index in [-0.39, 0.29) is 17.6 Å². The SMILES string of the molecule is CC(=O)NCCCCCC(=O)Nc1ncccc1C(=O)c1cccs1. The molecule has 0 atom stereocenters. The van der Waals surface area contributed by atoms with Gasteiger partial charge in [-0.15, -0.1) is 11.3 Å². The standard InChI is InChI=1S/C18H21N3O3S/c1-13(22)19-10-4-2-3-9-16(23)21-18-14(7-5-11-20-18)17(24)15-8-6-12-25-15/h5-8,11-12H,2-4,9-10H2,1H3,(H,19,22)(H,20,21,23). The largest absolute Gasteiger partial charge is 0.356 e. The highest BCUT2D eigenvalue weighted by atomic mass is 32.1. The minimum atomic E-state index is -0.168. The lowest BCUT2D eigenvalue weighted by atomic mass is 10.1. The van der Waals surface area contributed by atoms with E-state index in [0.29, 0.717) is 35.6 Å². The number of thiophene rings is 1. The van der Waals surface area contributed by atoms with Gasteiger partial charge >= 0.3 is 0 Å². The van der Waals surface area contributed by atoms with E-state index in [0.717, 1.165) is 12.8 Å². The third kappa shape index (κ3) is 6.11. The average molecular weight is 359 g/mol. The van der Waals surface area contributed by atoms with Crippen molar-refractivity contribution in [2.45, 2.75) is 32.6 Å². The number of unbranched alkanes of at least 4 members (excludes halogenated alkanes) is 2. The van der Waals surface area contributed by atoms with Crippen LogP contribution in [0.15, 0.2) is 35.8 Å². The van der Waals surface area contributed by atoms with Gasteiger partial charge in [0.25, 0.3) is 0 Å². The molecule has 7 heteroatoms. The minimum Gasteiger partial charge on any atom is -0.356 e. The van der Waals surface area contributed by atoms with Gasteiger partial charge in [-0.25, -0.2) is 4.98 Å². The lowest BCUT2D eigenvalue weighted by Crippen LogP contribution is -2.20. The Morgan fingerprint density at radius 2 is 1.96 bits per heavy atom. The zero-order valence-electron chi connectivity index (χ0n) is 14.1. The van der Waals surface area contributed by atoms with E-state index < -0.39 is 0 Å². The summed E-state index contributed by atoms with van der Waals surface area (Å²) in [6.45, 7) is 2.10. The number of carbonyl (C=O) groups excluding carboxylic acids is 3. The molecule has 0 bridgehead atoms. The second-order valence-electron chi connectivity index (χ2n) is 5.55. The summed E-state index contributed by atoms with van der Waals surface area (Å²) in [5, 5.41) is 7.28. The van der Waals surface area contributed by atoms with E-state index in [1.54, 1.807) is 24.4 Å². The zero-order chi connectivity index (χ0) is 18.1. The molecule has 2 heterocycles. The number of ketones is 1. The molecule has 0 aliphatic heterocycles. The lowest BCUT2D eigenvalue weighted by Gasteiger charge is -2.08. The molecule has 6 nitrogen and oxygen atoms in total. The summed E-state index contributed by atoms with van der Waals surface area (Å²) in [6, 6.07) is 6.91. The van der Waals surface area contributed by atoms with Crippen molar-refractivity contribution in [1.82, 2.24) is 10.3 Å². The minimum absolute atomic E-state index is 0.0455. The maximum atomic E-state index is 12.5. The van der Waals surface area contributed by atoms with Crippen LogP contribution in [-0.2, 0) is 9.59 Å². The Bertz CT molecular complexity index is 729. The van der Waals surface area contributed by atoms with Gasteiger partial charge in [0, 0.05) is 26.1 Å². The molecule has 0 saturated carbocycles. The third-order valence-electron chi connectivity index (χ3n) is 3.51. The average Bonchev–Trinajstić information content (AvgIpc) is 3.12. The molecule has 0 aromatic carbocycles. The summed E-state index contributed by atoms with van der Waals surface area (Å²) in [4.78, 5) is 40.1. The summed E-state index contributed by atoms with van der Waals surface area (Å²) in [5.74, 6) is -0.0628. The van der Waals surface area contributed by atoms with Gasteiger partial charge in [0.05, 0.1) is 10.4 Å². The van der Waals surface area contributed by atoms with Gasteiger partial charge in [-0.1, -0.05) is 12.5 Å². The van der Waals surface area contributed by atoms with Gasteiger partial charge in [-0.05, 0) is 36.4 Å². The maximum Gasteiger partial charge on any atom is 0.225 e. The highest BCUT2D eigenvalue weighted by Crippen LogP contribution is 2.20. The smallest absolute Gasteiger partial charge is 0.225 e. The molecule has 2 aromatic heterocycles. The first-order chi connectivity index (χ1) is 12.1. The monoisotopic (exact) mass is 359 g/mol. The van der Waals surface area contributed by atoms with Crippen molar-refractivity contribution in [2.75, 3.05) is 11.9 Å². The first-order valence-electron chi connectivity index (χ1n) is 8.15. The van der Waals surface area contributed by atoms with E-state index in [1.807, 2.05) is 11.4 Å². The van der Waals surface area contributed by atoms with Crippen LogP contribution >= 0.6 is 11.3 Å². The number of carbonyl (C=O) groups is 3. The first-order valence-corrected chi connectivity index (χ1v) is 9.03. The van der Waals surface area contributed by atoms with Crippen LogP contribution in [0.2, 0.25) is 0 Å². The summed E-state index contributed by atoms with van der Waals surface area (Å²) in [7, 11) is 0. The van der Waals surface area contributed by atoms with Crippen molar-refractivity contribution in [3.05, 3.63) is 46.3 Å². The Morgan fingerprint density at radius 1 is 1.12 bits per heavy atom. The molecule has 2 N–H and O–H groups in total. The Kier molecular flexibility index (Phi) is 7.28. The van der Waals surface area contributed by atoms with Gasteiger partial charge in [-0.2, -0.15) is 0 Å². The molecule has 0 radical (unpaired) electrons. The van der Waals surface area contributed by atoms with Crippen LogP contribution in [0.4, 0.5) is 5.82 Å². The van der Waals surface area contributed by atoms with Crippen molar-refractivity contribution in [3.63, 3.8) is 0 Å². The van der Waals surface area contributed by atoms with Crippen LogP contribution in [0.3, 0.4) is 0 Å². The molecular formula is C18H21N3O3S. The molecule has 0 spiro atoms. The number of amides is 2. The molecule has 0 fully saturated rings. The summed E-state index contributed by atoms with van der Waals surface area (Å²) >= 11 is 1.36. The van der Waals surface area contributed by atoms with Crippen molar-refractivity contribution in [1.29, 1.82) is 0 Å². The molecule has 2 aromatic rings. The molecule has 2 rings (SSSR count). The number of nitrogens with zero attached hydrogens (tertiary/aromatic N) is 1. The zero-order valence-corrected chi connectivity index (χ0v) is 14.9. The van der Waals surface area contributed by atoms with Crippen LogP contribution in [-0.4, -0.2) is 29.1 Å². The van der Waals surface area contributed by atoms with Crippen LogP contribution in [0, 0.1) is 0 Å². The summed E-state index contributed by atoms with van der Waals surface area (Å²) in [6.07, 6.45) is 4.29. The van der Waals surface area contributed by atoms with Gasteiger partial charge in [0.1, 0.15) is 5.82 Å². The third-order valence-corrected chi connectivity index (χ3v) is 4.38. The van der Waals surface area contributed by atoms with Gasteiger partial charge < -0.3 is 10.6 Å². The molecule has 132 valence electrons. The van der Waals surface area contributed by atoms with E-state index in [4.69, 9.17) is 0 Å². The first kappa shape index (κ1) is 18.8. The molecule has 0 aliphatic rings. The number of pyridine rings is 1. The van der Waals surface area contributed by atoms with Crippen LogP contribution in [0.25, 0.3) is 0 Å². The van der Waals surface area contributed by atoms with E-state index >= 15 is 0 Å². The number of rotatable bonds is 9. The predicted molar refractivity (Wildman–Crippen MR) is 97.8 cm³/mol. The van der Waals surface area contributed by atoms with Gasteiger partial charge in [0.15, 0.2) is 0 Å². The Balaban J connectivity index is 1.85. The number of nitrogens with one attached hydrogen (secondary N) is 2. The number of anilines is 1. The molecule has 0 unspecified atom stereocenters. The Labute approximate surface area is 150 Å². The van der Waals surface area contributed by atoms with Gasteiger partial charge in [-0.3, -0.25) is 14.4 Å². The van der Waals surface area contributed by atoms with Crippen LogP contribution in [0.5, 0.6) is 0 Å². The van der Waals surface area contributed by atoms with Crippen molar-refractivity contribution < 1.29 is 14.4 Å². The van der Waals surface area contributed by atoms with E-state index in [2.05, 4.69) is 15.6 Å². The van der Waals surface area contributed by atoms with E-state index in [9.17, 15) is 14.4 Å². The van der Waals surface area contributed by atoms with Crippen molar-refractivity contribution >= 4 is 34.8 Å². The van der Waals surface area contributed by atoms with Crippen LogP contribution < -0.4 is 10.6 Å². The lowest BCUT2D eigenvalue weighted by molar-refractivity contribution is -0.119. The summed E-state index contributed by atoms with van der Waals surface area (Å²) in [5.41, 5.74) is 0.393. The molecular weight excluding hydrogens is 338 g/mol. The normalized spacial score (nSPS) is 10.3. The second kappa shape index (κ2) is 9.68. The Hall–Kier alpha value is -2.54. The fraction of sp³-hybridized carbons (Fsp3) is 0.333. The Morgan fingerprint density at radius 3 is 2.68 bits per heavy atom. The van der Waals surface area contributed by atoms with E-state index in [1.165, 1.54) is 18.3 Å². The predicted octanol–water partition coefficient (Wildman–Crippen LogP) is 3.01. The van der Waals surface area contributed by atoms with Crippen molar-refractivity contribution in [2.24, 2.45) is 0 Å². The number of aromatic nitrogens is 1. The molecule has 0 aliphatic carbocycles. The van der Waals surface area contributed by atoms with Crippen molar-refractivity contribution in [3.8, 4) is 0 Å². The van der Waals surface area contributed by atoms with Gasteiger partial charge in [0.2, 0.25) is 17.6 Å². The maximum absolute atomic E-state index is 12.5. The highest BCUT2D eigenvalue weighted by Gasteiger charge is 2.16. The highest BCUT2D eigenvalue weighted by molar-refractivity contribution is 7.12. The second-order valence-corrected chi connectivity index (χ2v) is 6.50. The topological polar surface area (TPSA) is 88.2 Å².